The van der Waals surface area contributed by atoms with Crippen molar-refractivity contribution in [1.29, 1.82) is 0 Å². The topological polar surface area (TPSA) is 59.2 Å². The fourth-order valence-electron chi connectivity index (χ4n) is 3.32. The average Bonchev–Trinajstić information content (AvgIpc) is 3.34. The van der Waals surface area contributed by atoms with Crippen molar-refractivity contribution in [2.24, 2.45) is 0 Å². The number of aromatic nitrogens is 2. The number of ether oxygens (including phenoxy) is 2. The van der Waals surface area contributed by atoms with Crippen LogP contribution in [0.15, 0.2) is 35.8 Å². The second-order valence-corrected chi connectivity index (χ2v) is 7.43. The first kappa shape index (κ1) is 17.1. The van der Waals surface area contributed by atoms with Crippen LogP contribution in [-0.2, 0) is 19.5 Å². The SMILES string of the molecule is CCOc1cc2c(cc1CNCc1cn[nH]c1-c1cccs1)O[C@H](C)C2. The molecular formula is C20H23N3O2S. The first-order chi connectivity index (χ1) is 12.7. The third kappa shape index (κ3) is 3.48. The van der Waals surface area contributed by atoms with Gasteiger partial charge in [-0.05, 0) is 37.4 Å². The third-order valence-electron chi connectivity index (χ3n) is 4.50. The molecule has 0 aliphatic carbocycles. The van der Waals surface area contributed by atoms with Gasteiger partial charge in [0.2, 0.25) is 0 Å². The number of H-pyrrole nitrogens is 1. The molecular weight excluding hydrogens is 346 g/mol. The predicted octanol–water partition coefficient (Wildman–Crippen LogP) is 4.15. The molecule has 0 saturated carbocycles. The summed E-state index contributed by atoms with van der Waals surface area (Å²) in [5.74, 6) is 1.93. The summed E-state index contributed by atoms with van der Waals surface area (Å²) in [6, 6.07) is 8.41. The van der Waals surface area contributed by atoms with Crippen molar-refractivity contribution in [3.05, 3.63) is 52.5 Å². The lowest BCUT2D eigenvalue weighted by Gasteiger charge is -2.13. The zero-order valence-electron chi connectivity index (χ0n) is 15.0. The van der Waals surface area contributed by atoms with E-state index < -0.39 is 0 Å². The number of aromatic amines is 1. The summed E-state index contributed by atoms with van der Waals surface area (Å²) in [7, 11) is 0. The van der Waals surface area contributed by atoms with Gasteiger partial charge in [0.1, 0.15) is 17.6 Å². The van der Waals surface area contributed by atoms with Crippen molar-refractivity contribution in [2.75, 3.05) is 6.61 Å². The number of benzene rings is 1. The van der Waals surface area contributed by atoms with Crippen LogP contribution < -0.4 is 14.8 Å². The molecule has 26 heavy (non-hydrogen) atoms. The van der Waals surface area contributed by atoms with E-state index in [2.05, 4.69) is 52.1 Å². The Labute approximate surface area is 157 Å². The van der Waals surface area contributed by atoms with E-state index in [1.165, 1.54) is 10.4 Å². The summed E-state index contributed by atoms with van der Waals surface area (Å²) in [5, 5.41) is 12.9. The minimum atomic E-state index is 0.238. The van der Waals surface area contributed by atoms with Gasteiger partial charge in [0, 0.05) is 36.2 Å². The van der Waals surface area contributed by atoms with E-state index in [1.54, 1.807) is 11.3 Å². The number of hydrogen-bond donors (Lipinski definition) is 2. The van der Waals surface area contributed by atoms with Crippen LogP contribution in [0.1, 0.15) is 30.5 Å². The van der Waals surface area contributed by atoms with Crippen molar-refractivity contribution in [2.45, 2.75) is 39.5 Å². The summed E-state index contributed by atoms with van der Waals surface area (Å²) >= 11 is 1.71. The average molecular weight is 369 g/mol. The Morgan fingerprint density at radius 2 is 2.23 bits per heavy atom. The molecule has 2 aromatic heterocycles. The van der Waals surface area contributed by atoms with E-state index in [9.17, 15) is 0 Å². The lowest BCUT2D eigenvalue weighted by atomic mass is 10.1. The Hall–Kier alpha value is -2.31. The number of rotatable bonds is 7. The number of hydrogen-bond acceptors (Lipinski definition) is 5. The lowest BCUT2D eigenvalue weighted by Crippen LogP contribution is -2.14. The summed E-state index contributed by atoms with van der Waals surface area (Å²) < 4.78 is 11.8. The van der Waals surface area contributed by atoms with Crippen LogP contribution in [0.25, 0.3) is 10.6 Å². The molecule has 3 heterocycles. The van der Waals surface area contributed by atoms with Crippen molar-refractivity contribution in [3.8, 4) is 22.1 Å². The maximum Gasteiger partial charge on any atom is 0.124 e. The minimum Gasteiger partial charge on any atom is -0.494 e. The molecule has 1 atom stereocenters. The monoisotopic (exact) mass is 369 g/mol. The Balaban J connectivity index is 1.47. The molecule has 1 aromatic carbocycles. The summed E-state index contributed by atoms with van der Waals surface area (Å²) in [5.41, 5.74) is 4.61. The van der Waals surface area contributed by atoms with E-state index >= 15 is 0 Å². The molecule has 136 valence electrons. The van der Waals surface area contributed by atoms with Gasteiger partial charge in [-0.3, -0.25) is 5.10 Å². The smallest absolute Gasteiger partial charge is 0.124 e. The molecule has 3 aromatic rings. The van der Waals surface area contributed by atoms with Gasteiger partial charge in [-0.15, -0.1) is 11.3 Å². The molecule has 0 saturated heterocycles. The molecule has 1 aliphatic heterocycles. The molecule has 0 fully saturated rings. The van der Waals surface area contributed by atoms with Crippen LogP contribution in [-0.4, -0.2) is 22.9 Å². The van der Waals surface area contributed by atoms with Gasteiger partial charge >= 0.3 is 0 Å². The van der Waals surface area contributed by atoms with Crippen LogP contribution >= 0.6 is 11.3 Å². The van der Waals surface area contributed by atoms with E-state index in [0.29, 0.717) is 6.61 Å². The molecule has 0 unspecified atom stereocenters. The first-order valence-electron chi connectivity index (χ1n) is 8.96. The van der Waals surface area contributed by atoms with Gasteiger partial charge in [0.05, 0.1) is 23.4 Å². The largest absolute Gasteiger partial charge is 0.494 e. The van der Waals surface area contributed by atoms with Gasteiger partial charge in [0.15, 0.2) is 0 Å². The van der Waals surface area contributed by atoms with Crippen LogP contribution in [0.5, 0.6) is 11.5 Å². The van der Waals surface area contributed by atoms with E-state index in [-0.39, 0.29) is 6.10 Å². The van der Waals surface area contributed by atoms with Crippen molar-refractivity contribution < 1.29 is 9.47 Å². The highest BCUT2D eigenvalue weighted by molar-refractivity contribution is 7.13. The molecule has 4 rings (SSSR count). The summed E-state index contributed by atoms with van der Waals surface area (Å²) in [4.78, 5) is 1.20. The summed E-state index contributed by atoms with van der Waals surface area (Å²) in [6.45, 7) is 6.23. The van der Waals surface area contributed by atoms with E-state index in [1.807, 2.05) is 13.1 Å². The first-order valence-corrected chi connectivity index (χ1v) is 9.84. The maximum atomic E-state index is 5.90. The highest BCUT2D eigenvalue weighted by atomic mass is 32.1. The second kappa shape index (κ2) is 7.51. The summed E-state index contributed by atoms with van der Waals surface area (Å²) in [6.07, 6.45) is 3.07. The van der Waals surface area contributed by atoms with E-state index in [0.717, 1.165) is 47.8 Å². The molecule has 0 bridgehead atoms. The van der Waals surface area contributed by atoms with E-state index in [4.69, 9.17) is 9.47 Å². The van der Waals surface area contributed by atoms with Gasteiger partial charge in [0.25, 0.3) is 0 Å². The minimum absolute atomic E-state index is 0.238. The Kier molecular flexibility index (Phi) is 4.95. The zero-order chi connectivity index (χ0) is 17.9. The van der Waals surface area contributed by atoms with Gasteiger partial charge in [-0.25, -0.2) is 0 Å². The van der Waals surface area contributed by atoms with Crippen molar-refractivity contribution >= 4 is 11.3 Å². The van der Waals surface area contributed by atoms with Crippen LogP contribution in [0.2, 0.25) is 0 Å². The van der Waals surface area contributed by atoms with Crippen LogP contribution in [0.4, 0.5) is 0 Å². The highest BCUT2D eigenvalue weighted by Gasteiger charge is 2.21. The molecule has 1 aliphatic rings. The maximum absolute atomic E-state index is 5.90. The van der Waals surface area contributed by atoms with Gasteiger partial charge < -0.3 is 14.8 Å². The Morgan fingerprint density at radius 3 is 3.04 bits per heavy atom. The highest BCUT2D eigenvalue weighted by Crippen LogP contribution is 2.35. The van der Waals surface area contributed by atoms with Crippen LogP contribution in [0, 0.1) is 0 Å². The second-order valence-electron chi connectivity index (χ2n) is 6.48. The molecule has 0 radical (unpaired) electrons. The van der Waals surface area contributed by atoms with Gasteiger partial charge in [-0.1, -0.05) is 6.07 Å². The van der Waals surface area contributed by atoms with Crippen LogP contribution in [0.3, 0.4) is 0 Å². The molecule has 0 spiro atoms. The zero-order valence-corrected chi connectivity index (χ0v) is 15.9. The standard InChI is InChI=1S/C20H23N3O2S/c1-3-24-17-8-14-7-13(2)25-18(14)9-15(17)10-21-11-16-12-22-23-20(16)19-5-4-6-26-19/h4-6,8-9,12-13,21H,3,7,10-11H2,1-2H3,(H,22,23)/t13-/m1/s1. The molecule has 0 amide bonds. The number of fused-ring (bicyclic) bond motifs is 1. The Bertz CT molecular complexity index is 873. The number of nitrogens with zero attached hydrogens (tertiary/aromatic N) is 1. The predicted molar refractivity (Wildman–Crippen MR) is 104 cm³/mol. The quantitative estimate of drug-likeness (QED) is 0.657. The Morgan fingerprint density at radius 1 is 1.35 bits per heavy atom. The third-order valence-corrected chi connectivity index (χ3v) is 5.38. The number of nitrogens with one attached hydrogen (secondary N) is 2. The van der Waals surface area contributed by atoms with Crippen molar-refractivity contribution in [3.63, 3.8) is 0 Å². The normalized spacial score (nSPS) is 15.7. The molecule has 2 N–H and O–H groups in total. The fourth-order valence-corrected chi connectivity index (χ4v) is 4.08. The fraction of sp³-hybridized carbons (Fsp3) is 0.350. The lowest BCUT2D eigenvalue weighted by molar-refractivity contribution is 0.254. The molecule has 5 nitrogen and oxygen atoms in total. The molecule has 6 heteroatoms. The number of thiophene rings is 1. The van der Waals surface area contributed by atoms with Gasteiger partial charge in [-0.2, -0.15) is 5.10 Å². The van der Waals surface area contributed by atoms with Crippen molar-refractivity contribution in [1.82, 2.24) is 15.5 Å².